The lowest BCUT2D eigenvalue weighted by molar-refractivity contribution is 0.0714. The highest BCUT2D eigenvalue weighted by Crippen LogP contribution is 2.37. The fraction of sp³-hybridized carbons (Fsp3) is 0.211. The highest BCUT2D eigenvalue weighted by Gasteiger charge is 2.43. The number of benzene rings is 1. The number of carbonyl (C=O) groups excluding carboxylic acids is 1. The van der Waals surface area contributed by atoms with Gasteiger partial charge in [-0.1, -0.05) is 22.0 Å². The second kappa shape index (κ2) is 6.66. The van der Waals surface area contributed by atoms with Crippen LogP contribution in [0.2, 0.25) is 0 Å². The fourth-order valence-corrected chi connectivity index (χ4v) is 3.67. The lowest BCUT2D eigenvalue weighted by atomic mass is 10.0. The predicted molar refractivity (Wildman–Crippen MR) is 99.0 cm³/mol. The molecule has 0 saturated carbocycles. The van der Waals surface area contributed by atoms with Crippen LogP contribution in [0.25, 0.3) is 11.0 Å². The lowest BCUT2D eigenvalue weighted by Crippen LogP contribution is -2.31. The first kappa shape index (κ1) is 16.9. The Balaban J connectivity index is 1.98. The molecule has 4 rings (SSSR count). The van der Waals surface area contributed by atoms with Crippen LogP contribution in [0.3, 0.4) is 0 Å². The van der Waals surface area contributed by atoms with E-state index in [-0.39, 0.29) is 23.7 Å². The summed E-state index contributed by atoms with van der Waals surface area (Å²) in [4.78, 5) is 32.0. The van der Waals surface area contributed by atoms with Gasteiger partial charge in [0.1, 0.15) is 11.6 Å². The van der Waals surface area contributed by atoms with Crippen LogP contribution in [0.5, 0.6) is 0 Å². The quantitative estimate of drug-likeness (QED) is 0.709. The van der Waals surface area contributed by atoms with E-state index < -0.39 is 6.04 Å². The number of hydrogen-bond donors (Lipinski definition) is 1. The maximum absolute atomic E-state index is 13.2. The zero-order chi connectivity index (χ0) is 18.3. The molecular formula is C19H15BrN2O4. The number of rotatable bonds is 4. The van der Waals surface area contributed by atoms with Gasteiger partial charge < -0.3 is 14.4 Å². The van der Waals surface area contributed by atoms with Gasteiger partial charge in [-0.25, -0.2) is 0 Å². The van der Waals surface area contributed by atoms with Crippen molar-refractivity contribution < 1.29 is 14.3 Å². The summed E-state index contributed by atoms with van der Waals surface area (Å²) in [5, 5.41) is 9.59. The molecule has 1 aliphatic rings. The minimum absolute atomic E-state index is 0.0502. The number of hydrogen-bond acceptors (Lipinski definition) is 5. The van der Waals surface area contributed by atoms with Crippen molar-refractivity contribution in [1.82, 2.24) is 9.88 Å². The van der Waals surface area contributed by atoms with E-state index in [9.17, 15) is 14.7 Å². The SMILES string of the molecule is O=C1c2oc3ccc(Br)cc3c(=O)c2C(c2ccccn2)N1CCCO. The Morgan fingerprint density at radius 2 is 2.08 bits per heavy atom. The van der Waals surface area contributed by atoms with Crippen LogP contribution in [0, 0.1) is 0 Å². The maximum atomic E-state index is 13.2. The Hall–Kier alpha value is -2.51. The molecule has 0 fully saturated rings. The Bertz CT molecular complexity index is 1050. The number of aromatic nitrogens is 1. The summed E-state index contributed by atoms with van der Waals surface area (Å²) >= 11 is 3.37. The molecule has 132 valence electrons. The van der Waals surface area contributed by atoms with E-state index in [1.807, 2.05) is 6.07 Å². The molecule has 3 aromatic rings. The molecule has 7 heteroatoms. The van der Waals surface area contributed by atoms with Crippen LogP contribution >= 0.6 is 15.9 Å². The van der Waals surface area contributed by atoms with Gasteiger partial charge in [0.2, 0.25) is 5.76 Å². The van der Waals surface area contributed by atoms with Gasteiger partial charge in [0.05, 0.1) is 16.6 Å². The number of fused-ring (bicyclic) bond motifs is 2. The van der Waals surface area contributed by atoms with Crippen LogP contribution in [0.1, 0.15) is 34.3 Å². The number of aliphatic hydroxyl groups is 1. The largest absolute Gasteiger partial charge is 0.450 e. The smallest absolute Gasteiger partial charge is 0.290 e. The fourth-order valence-electron chi connectivity index (χ4n) is 3.31. The van der Waals surface area contributed by atoms with Gasteiger partial charge in [-0.2, -0.15) is 0 Å². The number of nitrogens with zero attached hydrogens (tertiary/aromatic N) is 2. The molecule has 2 aromatic heterocycles. The summed E-state index contributed by atoms with van der Waals surface area (Å²) in [5.41, 5.74) is 1.03. The average molecular weight is 415 g/mol. The third kappa shape index (κ3) is 2.64. The van der Waals surface area contributed by atoms with Gasteiger partial charge in [-0.15, -0.1) is 0 Å². The predicted octanol–water partition coefficient (Wildman–Crippen LogP) is 2.88. The Kier molecular flexibility index (Phi) is 4.34. The minimum atomic E-state index is -0.620. The number of pyridine rings is 1. The summed E-state index contributed by atoms with van der Waals surface area (Å²) in [5.74, 6) is -0.301. The van der Waals surface area contributed by atoms with E-state index in [0.29, 0.717) is 35.2 Å². The molecule has 0 aliphatic carbocycles. The number of aliphatic hydroxyl groups excluding tert-OH is 1. The summed E-state index contributed by atoms with van der Waals surface area (Å²) in [6.45, 7) is 0.256. The van der Waals surface area contributed by atoms with Crippen molar-refractivity contribution in [2.45, 2.75) is 12.5 Å². The summed E-state index contributed by atoms with van der Waals surface area (Å²) in [6.07, 6.45) is 2.03. The second-order valence-corrected chi connectivity index (χ2v) is 6.96. The van der Waals surface area contributed by atoms with Crippen LogP contribution in [0.4, 0.5) is 0 Å². The van der Waals surface area contributed by atoms with Crippen molar-refractivity contribution in [3.8, 4) is 0 Å². The lowest BCUT2D eigenvalue weighted by Gasteiger charge is -2.23. The maximum Gasteiger partial charge on any atom is 0.290 e. The first-order valence-corrected chi connectivity index (χ1v) is 9.00. The van der Waals surface area contributed by atoms with Crippen molar-refractivity contribution in [1.29, 1.82) is 0 Å². The molecular weight excluding hydrogens is 400 g/mol. The Morgan fingerprint density at radius 1 is 1.23 bits per heavy atom. The van der Waals surface area contributed by atoms with Crippen LogP contribution in [-0.2, 0) is 0 Å². The molecule has 6 nitrogen and oxygen atoms in total. The molecule has 1 atom stereocenters. The van der Waals surface area contributed by atoms with E-state index in [1.54, 1.807) is 41.4 Å². The van der Waals surface area contributed by atoms with Crippen molar-refractivity contribution >= 4 is 32.8 Å². The van der Waals surface area contributed by atoms with E-state index in [2.05, 4.69) is 20.9 Å². The van der Waals surface area contributed by atoms with E-state index in [4.69, 9.17) is 4.42 Å². The van der Waals surface area contributed by atoms with Gasteiger partial charge in [0.25, 0.3) is 5.91 Å². The zero-order valence-electron chi connectivity index (χ0n) is 13.7. The van der Waals surface area contributed by atoms with Crippen LogP contribution in [0.15, 0.2) is 56.3 Å². The van der Waals surface area contributed by atoms with Gasteiger partial charge in [0.15, 0.2) is 5.43 Å². The topological polar surface area (TPSA) is 83.6 Å². The third-order valence-electron chi connectivity index (χ3n) is 4.45. The summed E-state index contributed by atoms with van der Waals surface area (Å²) in [6, 6.07) is 9.87. The van der Waals surface area contributed by atoms with Crippen LogP contribution in [-0.4, -0.2) is 34.0 Å². The first-order chi connectivity index (χ1) is 12.6. The molecule has 0 radical (unpaired) electrons. The van der Waals surface area contributed by atoms with Crippen LogP contribution < -0.4 is 5.43 Å². The third-order valence-corrected chi connectivity index (χ3v) is 4.95. The second-order valence-electron chi connectivity index (χ2n) is 6.05. The zero-order valence-corrected chi connectivity index (χ0v) is 15.3. The van der Waals surface area contributed by atoms with Gasteiger partial charge in [-0.05, 0) is 36.8 Å². The van der Waals surface area contributed by atoms with Crippen molar-refractivity contribution in [3.05, 3.63) is 74.3 Å². The van der Waals surface area contributed by atoms with E-state index in [0.717, 1.165) is 4.47 Å². The highest BCUT2D eigenvalue weighted by molar-refractivity contribution is 9.10. The van der Waals surface area contributed by atoms with Crippen molar-refractivity contribution in [2.24, 2.45) is 0 Å². The standard InChI is InChI=1S/C19H15BrN2O4/c20-11-5-6-14-12(10-11)17(24)15-16(13-4-1-2-7-21-13)22(8-3-9-23)19(25)18(15)26-14/h1-2,4-7,10,16,23H,3,8-9H2. The molecule has 1 unspecified atom stereocenters. The molecule has 3 heterocycles. The van der Waals surface area contributed by atoms with Gasteiger partial charge in [0, 0.05) is 23.8 Å². The summed E-state index contributed by atoms with van der Waals surface area (Å²) < 4.78 is 6.57. The molecule has 1 aliphatic heterocycles. The van der Waals surface area contributed by atoms with Gasteiger partial charge in [-0.3, -0.25) is 14.6 Å². The molecule has 0 bridgehead atoms. The molecule has 1 aromatic carbocycles. The number of halogens is 1. The molecule has 1 N–H and O–H groups in total. The molecule has 0 saturated heterocycles. The first-order valence-electron chi connectivity index (χ1n) is 8.21. The number of carbonyl (C=O) groups is 1. The summed E-state index contributed by atoms with van der Waals surface area (Å²) in [7, 11) is 0. The Labute approximate surface area is 157 Å². The van der Waals surface area contributed by atoms with E-state index >= 15 is 0 Å². The van der Waals surface area contributed by atoms with E-state index in [1.165, 1.54) is 0 Å². The molecule has 26 heavy (non-hydrogen) atoms. The minimum Gasteiger partial charge on any atom is -0.450 e. The molecule has 0 spiro atoms. The monoisotopic (exact) mass is 414 g/mol. The number of amides is 1. The van der Waals surface area contributed by atoms with Crippen molar-refractivity contribution in [3.63, 3.8) is 0 Å². The highest BCUT2D eigenvalue weighted by atomic mass is 79.9. The normalized spacial score (nSPS) is 16.3. The van der Waals surface area contributed by atoms with Crippen molar-refractivity contribution in [2.75, 3.05) is 13.2 Å². The van der Waals surface area contributed by atoms with Gasteiger partial charge >= 0.3 is 0 Å². The molecule has 1 amide bonds. The average Bonchev–Trinajstić information content (AvgIpc) is 2.94. The Morgan fingerprint density at radius 3 is 2.81 bits per heavy atom.